The van der Waals surface area contributed by atoms with E-state index in [1.165, 1.54) is 37.4 Å². The SMILES string of the molecule is COC(=O)c1cc(-c2cccc(C(F)(F)F)c2)[nH]c2c1[nH]c1cc(=O)ccc12. The second-order valence-corrected chi connectivity index (χ2v) is 6.25. The number of hydrogen-bond donors (Lipinski definition) is 2. The third-order valence-corrected chi connectivity index (χ3v) is 4.49. The van der Waals surface area contributed by atoms with Crippen molar-refractivity contribution in [2.75, 3.05) is 7.11 Å². The summed E-state index contributed by atoms with van der Waals surface area (Å²) in [5.41, 5.74) is 1.11. The monoisotopic (exact) mass is 386 g/mol. The lowest BCUT2D eigenvalue weighted by Gasteiger charge is -2.11. The van der Waals surface area contributed by atoms with Gasteiger partial charge in [-0.2, -0.15) is 13.2 Å². The summed E-state index contributed by atoms with van der Waals surface area (Å²) in [5, 5.41) is 0.633. The molecule has 142 valence electrons. The average Bonchev–Trinajstić information content (AvgIpc) is 3.03. The molecule has 0 atom stereocenters. The first-order valence-corrected chi connectivity index (χ1v) is 8.22. The number of hydrogen-bond acceptors (Lipinski definition) is 3. The zero-order valence-electron chi connectivity index (χ0n) is 14.5. The Hall–Kier alpha value is -3.55. The van der Waals surface area contributed by atoms with Crippen LogP contribution in [0.4, 0.5) is 13.2 Å². The lowest BCUT2D eigenvalue weighted by molar-refractivity contribution is -0.137. The number of alkyl halides is 3. The minimum Gasteiger partial charge on any atom is -0.465 e. The predicted molar refractivity (Wildman–Crippen MR) is 98.2 cm³/mol. The highest BCUT2D eigenvalue weighted by Gasteiger charge is 2.30. The van der Waals surface area contributed by atoms with Crippen LogP contribution in [-0.4, -0.2) is 23.0 Å². The smallest absolute Gasteiger partial charge is 0.416 e. The fraction of sp³-hybridized carbons (Fsp3) is 0.100. The Labute approximate surface area is 155 Å². The summed E-state index contributed by atoms with van der Waals surface area (Å²) in [6.45, 7) is 0. The number of halogens is 3. The number of esters is 1. The highest BCUT2D eigenvalue weighted by Crippen LogP contribution is 2.34. The van der Waals surface area contributed by atoms with E-state index in [0.29, 0.717) is 27.6 Å². The van der Waals surface area contributed by atoms with Crippen LogP contribution in [0.1, 0.15) is 15.9 Å². The Bertz CT molecular complexity index is 1290. The van der Waals surface area contributed by atoms with Gasteiger partial charge in [-0.3, -0.25) is 4.79 Å². The molecule has 0 fully saturated rings. The summed E-state index contributed by atoms with van der Waals surface area (Å²) in [5.74, 6) is -0.652. The summed E-state index contributed by atoms with van der Waals surface area (Å²) in [6, 6.07) is 10.6. The molecule has 0 spiro atoms. The summed E-state index contributed by atoms with van der Waals surface area (Å²) < 4.78 is 44.0. The van der Waals surface area contributed by atoms with Gasteiger partial charge in [-0.25, -0.2) is 4.79 Å². The Morgan fingerprint density at radius 2 is 1.79 bits per heavy atom. The number of aromatic nitrogens is 2. The van der Waals surface area contributed by atoms with Crippen LogP contribution in [0.25, 0.3) is 33.2 Å². The van der Waals surface area contributed by atoms with Crippen LogP contribution < -0.4 is 5.43 Å². The molecule has 4 aromatic rings. The van der Waals surface area contributed by atoms with Gasteiger partial charge in [0.2, 0.25) is 0 Å². The molecule has 0 unspecified atom stereocenters. The first-order valence-electron chi connectivity index (χ1n) is 8.22. The van der Waals surface area contributed by atoms with Crippen LogP contribution >= 0.6 is 0 Å². The number of pyridine rings is 1. The van der Waals surface area contributed by atoms with Crippen molar-refractivity contribution in [3.05, 3.63) is 69.9 Å². The second-order valence-electron chi connectivity index (χ2n) is 6.25. The van der Waals surface area contributed by atoms with Crippen LogP contribution in [0, 0.1) is 0 Å². The highest BCUT2D eigenvalue weighted by atomic mass is 19.4. The van der Waals surface area contributed by atoms with E-state index in [4.69, 9.17) is 4.74 Å². The standard InChI is InChI=1S/C20H13F3N2O3/c1-28-19(27)14-9-15(10-3-2-4-11(7-10)20(21,22)23)24-17-13-6-5-12(26)8-16(13)25-18(14)17/h2-9,24-25H,1H3. The summed E-state index contributed by atoms with van der Waals surface area (Å²) in [7, 11) is 1.22. The van der Waals surface area contributed by atoms with Gasteiger partial charge < -0.3 is 14.7 Å². The van der Waals surface area contributed by atoms with E-state index in [2.05, 4.69) is 9.97 Å². The van der Waals surface area contributed by atoms with Gasteiger partial charge >= 0.3 is 12.1 Å². The fourth-order valence-electron chi connectivity index (χ4n) is 3.19. The van der Waals surface area contributed by atoms with E-state index in [9.17, 15) is 22.8 Å². The van der Waals surface area contributed by atoms with Crippen molar-refractivity contribution in [2.45, 2.75) is 6.18 Å². The van der Waals surface area contributed by atoms with Gasteiger partial charge in [0.25, 0.3) is 0 Å². The molecule has 4 rings (SSSR count). The largest absolute Gasteiger partial charge is 0.465 e. The van der Waals surface area contributed by atoms with Gasteiger partial charge in [-0.1, -0.05) is 12.1 Å². The van der Waals surface area contributed by atoms with E-state index in [-0.39, 0.29) is 16.6 Å². The van der Waals surface area contributed by atoms with Crippen LogP contribution in [-0.2, 0) is 10.9 Å². The lowest BCUT2D eigenvalue weighted by Crippen LogP contribution is -2.06. The van der Waals surface area contributed by atoms with E-state index in [1.54, 1.807) is 6.07 Å². The van der Waals surface area contributed by atoms with Gasteiger partial charge in [0.15, 0.2) is 5.43 Å². The molecule has 0 aliphatic carbocycles. The molecule has 0 radical (unpaired) electrons. The fourth-order valence-corrected chi connectivity index (χ4v) is 3.19. The molecule has 2 aromatic heterocycles. The van der Waals surface area contributed by atoms with Crippen molar-refractivity contribution < 1.29 is 22.7 Å². The number of fused-ring (bicyclic) bond motifs is 3. The third-order valence-electron chi connectivity index (χ3n) is 4.49. The Kier molecular flexibility index (Phi) is 3.99. The van der Waals surface area contributed by atoms with E-state index >= 15 is 0 Å². The maximum atomic E-state index is 13.1. The van der Waals surface area contributed by atoms with Gasteiger partial charge in [-0.05, 0) is 35.9 Å². The van der Waals surface area contributed by atoms with E-state index < -0.39 is 17.7 Å². The number of H-pyrrole nitrogens is 2. The maximum absolute atomic E-state index is 13.1. The van der Waals surface area contributed by atoms with Crippen LogP contribution in [0.15, 0.2) is 53.3 Å². The normalized spacial score (nSPS) is 11.9. The van der Waals surface area contributed by atoms with Gasteiger partial charge in [0.05, 0.1) is 34.8 Å². The van der Waals surface area contributed by atoms with E-state index in [0.717, 1.165) is 12.1 Å². The van der Waals surface area contributed by atoms with E-state index in [1.807, 2.05) is 0 Å². The number of ether oxygens (including phenoxy) is 1. The van der Waals surface area contributed by atoms with Crippen molar-refractivity contribution in [3.63, 3.8) is 0 Å². The minimum atomic E-state index is -4.49. The van der Waals surface area contributed by atoms with Gasteiger partial charge in [0.1, 0.15) is 0 Å². The summed E-state index contributed by atoms with van der Waals surface area (Å²) in [6.07, 6.45) is -4.49. The number of carbonyl (C=O) groups is 1. The molecule has 0 saturated heterocycles. The van der Waals surface area contributed by atoms with Crippen molar-refractivity contribution in [1.82, 2.24) is 9.97 Å². The zero-order chi connectivity index (χ0) is 20.1. The van der Waals surface area contributed by atoms with Crippen molar-refractivity contribution >= 4 is 27.9 Å². The van der Waals surface area contributed by atoms with Crippen molar-refractivity contribution in [2.24, 2.45) is 0 Å². The molecule has 2 heterocycles. The Balaban J connectivity index is 2.04. The van der Waals surface area contributed by atoms with Crippen molar-refractivity contribution in [1.29, 1.82) is 0 Å². The molecule has 0 aliphatic heterocycles. The summed E-state index contributed by atoms with van der Waals surface area (Å²) in [4.78, 5) is 30.0. The molecule has 0 aliphatic rings. The van der Waals surface area contributed by atoms with Crippen molar-refractivity contribution in [3.8, 4) is 11.3 Å². The molecule has 5 nitrogen and oxygen atoms in total. The average molecular weight is 386 g/mol. The third kappa shape index (κ3) is 2.92. The van der Waals surface area contributed by atoms with Gasteiger partial charge in [0, 0.05) is 17.1 Å². The first kappa shape index (κ1) is 17.8. The Morgan fingerprint density at radius 3 is 2.50 bits per heavy atom. The number of nitrogens with one attached hydrogen (secondary N) is 2. The van der Waals surface area contributed by atoms with Crippen LogP contribution in [0.5, 0.6) is 0 Å². The lowest BCUT2D eigenvalue weighted by atomic mass is 10.0. The molecular formula is C20H13F3N2O3. The molecule has 0 amide bonds. The molecule has 0 bridgehead atoms. The predicted octanol–water partition coefficient (Wildman–Crippen LogP) is 4.48. The zero-order valence-corrected chi connectivity index (χ0v) is 14.5. The second kappa shape index (κ2) is 6.26. The highest BCUT2D eigenvalue weighted by molar-refractivity contribution is 6.13. The number of benzene rings is 2. The van der Waals surface area contributed by atoms with Gasteiger partial charge in [-0.15, -0.1) is 0 Å². The molecule has 2 N–H and O–H groups in total. The number of methoxy groups -OCH3 is 1. The number of rotatable bonds is 2. The Morgan fingerprint density at radius 1 is 1.00 bits per heavy atom. The molecular weight excluding hydrogens is 373 g/mol. The number of carbonyl (C=O) groups excluding carboxylic acids is 1. The topological polar surface area (TPSA) is 75.0 Å². The summed E-state index contributed by atoms with van der Waals surface area (Å²) >= 11 is 0. The minimum absolute atomic E-state index is 0.146. The first-order chi connectivity index (χ1) is 13.3. The maximum Gasteiger partial charge on any atom is 0.416 e. The molecule has 28 heavy (non-hydrogen) atoms. The molecule has 0 saturated carbocycles. The molecule has 8 heteroatoms. The molecule has 2 aromatic carbocycles. The van der Waals surface area contributed by atoms with Crippen LogP contribution in [0.3, 0.4) is 0 Å². The quantitative estimate of drug-likeness (QED) is 0.499. The van der Waals surface area contributed by atoms with Crippen LogP contribution in [0.2, 0.25) is 0 Å². The number of aromatic amines is 2.